The van der Waals surface area contributed by atoms with Crippen molar-refractivity contribution in [3.8, 4) is 16.9 Å². The first kappa shape index (κ1) is 29.6. The summed E-state index contributed by atoms with van der Waals surface area (Å²) >= 11 is 6.24. The molecule has 0 amide bonds. The van der Waals surface area contributed by atoms with Crippen LogP contribution in [-0.2, 0) is 19.5 Å². The van der Waals surface area contributed by atoms with Gasteiger partial charge in [-0.15, -0.1) is 5.10 Å². The molecule has 2 aromatic carbocycles. The molecule has 6 N–H and O–H groups in total. The van der Waals surface area contributed by atoms with Gasteiger partial charge < -0.3 is 21.8 Å². The molecule has 42 heavy (non-hydrogen) atoms. The highest BCUT2D eigenvalue weighted by Crippen LogP contribution is 2.31. The van der Waals surface area contributed by atoms with Crippen molar-refractivity contribution in [1.29, 1.82) is 0 Å². The van der Waals surface area contributed by atoms with Gasteiger partial charge in [0.2, 0.25) is 0 Å². The lowest BCUT2D eigenvalue weighted by molar-refractivity contribution is 0.402. The number of fused-ring (bicyclic) bond motifs is 1. The van der Waals surface area contributed by atoms with Gasteiger partial charge >= 0.3 is 5.69 Å². The highest BCUT2D eigenvalue weighted by Gasteiger charge is 2.16. The number of H-pyrrole nitrogens is 1. The molecule has 3 aromatic heterocycles. The molecule has 220 valence electrons. The van der Waals surface area contributed by atoms with E-state index in [1.165, 1.54) is 4.57 Å². The minimum absolute atomic E-state index is 0.0526. The van der Waals surface area contributed by atoms with Crippen LogP contribution in [0, 0.1) is 5.82 Å². The maximum atomic E-state index is 15.1. The first-order valence-electron chi connectivity index (χ1n) is 14.0. The molecule has 0 unspecified atom stereocenters. The van der Waals surface area contributed by atoms with E-state index < -0.39 is 11.5 Å². The highest BCUT2D eigenvalue weighted by atomic mass is 35.5. The number of hydrogen-bond acceptors (Lipinski definition) is 7. The first-order valence-corrected chi connectivity index (χ1v) is 14.4. The zero-order chi connectivity index (χ0) is 29.6. The molecule has 0 bridgehead atoms. The Hall–Kier alpha value is -3.90. The summed E-state index contributed by atoms with van der Waals surface area (Å²) < 4.78 is 18.3. The summed E-state index contributed by atoms with van der Waals surface area (Å²) in [4.78, 5) is 20.3. The Labute approximate surface area is 247 Å². The third-order valence-electron chi connectivity index (χ3n) is 7.22. The summed E-state index contributed by atoms with van der Waals surface area (Å²) in [7, 11) is 0. The molecule has 0 fully saturated rings. The van der Waals surface area contributed by atoms with Crippen LogP contribution < -0.4 is 22.5 Å². The standard InChI is InChI=1S/C30H35ClFN9O/c1-19(34)3-2-4-21-13-25(28(32)26(31)14-21)27-15-22-17-41(30(42)38-29(22)37-27)24-7-5-20(6-8-24)16-35-23(9-10-33)18-40-12-11-36-39-40/h5-8,11-15,17,19,23,35H,2-4,9-10,16,18,33-34H2,1H3,(H,37,38,42)/t19-,23+/m0/s1. The van der Waals surface area contributed by atoms with Crippen LogP contribution >= 0.6 is 11.6 Å². The molecular formula is C30H35ClFN9O. The van der Waals surface area contributed by atoms with E-state index >= 15 is 4.39 Å². The van der Waals surface area contributed by atoms with Crippen LogP contribution in [0.3, 0.4) is 0 Å². The number of halogens is 2. The predicted octanol–water partition coefficient (Wildman–Crippen LogP) is 3.94. The normalized spacial score (nSPS) is 13.1. The molecule has 12 heteroatoms. The summed E-state index contributed by atoms with van der Waals surface area (Å²) in [5, 5.41) is 12.1. The van der Waals surface area contributed by atoms with Gasteiger partial charge in [-0.05, 0) is 80.6 Å². The van der Waals surface area contributed by atoms with Crippen LogP contribution in [0.4, 0.5) is 4.39 Å². The van der Waals surface area contributed by atoms with Gasteiger partial charge in [-0.1, -0.05) is 28.9 Å². The van der Waals surface area contributed by atoms with Crippen molar-refractivity contribution >= 4 is 22.6 Å². The second kappa shape index (κ2) is 13.4. The van der Waals surface area contributed by atoms with E-state index in [1.54, 1.807) is 35.3 Å². The highest BCUT2D eigenvalue weighted by molar-refractivity contribution is 6.31. The Morgan fingerprint density at radius 3 is 2.67 bits per heavy atom. The van der Waals surface area contributed by atoms with Crippen molar-refractivity contribution < 1.29 is 4.39 Å². The van der Waals surface area contributed by atoms with Crippen LogP contribution in [0.2, 0.25) is 5.02 Å². The summed E-state index contributed by atoms with van der Waals surface area (Å²) in [5.74, 6) is -0.520. The summed E-state index contributed by atoms with van der Waals surface area (Å²) in [6, 6.07) is 13.1. The number of nitrogens with two attached hydrogens (primary N) is 2. The van der Waals surface area contributed by atoms with E-state index in [0.29, 0.717) is 47.6 Å². The van der Waals surface area contributed by atoms with E-state index in [-0.39, 0.29) is 17.1 Å². The molecular weight excluding hydrogens is 557 g/mol. The molecule has 10 nitrogen and oxygen atoms in total. The van der Waals surface area contributed by atoms with E-state index in [1.807, 2.05) is 37.4 Å². The second-order valence-corrected chi connectivity index (χ2v) is 11.0. The van der Waals surface area contributed by atoms with Gasteiger partial charge in [-0.25, -0.2) is 9.18 Å². The van der Waals surface area contributed by atoms with E-state index in [0.717, 1.165) is 36.8 Å². The average Bonchev–Trinajstić information content (AvgIpc) is 3.63. The predicted molar refractivity (Wildman–Crippen MR) is 163 cm³/mol. The largest absolute Gasteiger partial charge is 0.354 e. The third kappa shape index (κ3) is 7.11. The first-order chi connectivity index (χ1) is 20.3. The summed E-state index contributed by atoms with van der Waals surface area (Å²) in [6.45, 7) is 3.82. The second-order valence-electron chi connectivity index (χ2n) is 10.6. The van der Waals surface area contributed by atoms with Crippen LogP contribution in [0.15, 0.2) is 65.8 Å². The van der Waals surface area contributed by atoms with Crippen LogP contribution in [0.1, 0.15) is 37.3 Å². The van der Waals surface area contributed by atoms with Crippen LogP contribution in [0.5, 0.6) is 0 Å². The van der Waals surface area contributed by atoms with Crippen LogP contribution in [-0.4, -0.2) is 48.2 Å². The maximum Gasteiger partial charge on any atom is 0.354 e. The van der Waals surface area contributed by atoms with Gasteiger partial charge in [0.05, 0.1) is 29.1 Å². The SMILES string of the molecule is C[C@H](N)CCCc1cc(Cl)c(F)c(-c2cc3cn(-c4ccc(CN[C@H](CCN)Cn5ccnn5)cc4)c(=O)nc3[nH]2)c1. The van der Waals surface area contributed by atoms with Crippen molar-refractivity contribution in [2.45, 2.75) is 57.8 Å². The average molecular weight is 592 g/mol. The van der Waals surface area contributed by atoms with Crippen molar-refractivity contribution in [3.05, 3.63) is 93.5 Å². The monoisotopic (exact) mass is 591 g/mol. The van der Waals surface area contributed by atoms with Crippen molar-refractivity contribution in [1.82, 2.24) is 34.8 Å². The summed E-state index contributed by atoms with van der Waals surface area (Å²) in [5.41, 5.74) is 15.1. The van der Waals surface area contributed by atoms with Gasteiger partial charge in [0, 0.05) is 42.0 Å². The molecule has 0 radical (unpaired) electrons. The quantitative estimate of drug-likeness (QED) is 0.162. The smallest absolute Gasteiger partial charge is 0.339 e. The summed E-state index contributed by atoms with van der Waals surface area (Å²) in [6.07, 6.45) is 8.45. The number of benzene rings is 2. The van der Waals surface area contributed by atoms with Gasteiger partial charge in [0.15, 0.2) is 5.82 Å². The van der Waals surface area contributed by atoms with Gasteiger partial charge in [0.1, 0.15) is 5.65 Å². The molecule has 0 spiro atoms. The number of aromatic amines is 1. The Balaban J connectivity index is 1.33. The van der Waals surface area contributed by atoms with Crippen molar-refractivity contribution in [2.75, 3.05) is 6.54 Å². The minimum atomic E-state index is -0.520. The Morgan fingerprint density at radius 1 is 1.14 bits per heavy atom. The molecule has 5 aromatic rings. The molecule has 5 rings (SSSR count). The van der Waals surface area contributed by atoms with E-state index in [2.05, 4.69) is 25.6 Å². The Morgan fingerprint density at radius 2 is 1.95 bits per heavy atom. The fraction of sp³-hybridized carbons (Fsp3) is 0.333. The number of nitrogens with zero attached hydrogens (tertiary/aromatic N) is 5. The van der Waals surface area contributed by atoms with Gasteiger partial charge in [-0.2, -0.15) is 4.98 Å². The fourth-order valence-electron chi connectivity index (χ4n) is 4.99. The van der Waals surface area contributed by atoms with Crippen molar-refractivity contribution in [2.24, 2.45) is 11.5 Å². The molecule has 0 saturated carbocycles. The number of rotatable bonds is 13. The zero-order valence-corrected chi connectivity index (χ0v) is 24.2. The molecule has 0 saturated heterocycles. The van der Waals surface area contributed by atoms with Crippen LogP contribution in [0.25, 0.3) is 28.0 Å². The number of nitrogens with one attached hydrogen (secondary N) is 2. The number of aromatic nitrogens is 6. The topological polar surface area (TPSA) is 145 Å². The molecule has 0 aliphatic rings. The van der Waals surface area contributed by atoms with Gasteiger partial charge in [-0.3, -0.25) is 9.25 Å². The molecule has 2 atom stereocenters. The zero-order valence-electron chi connectivity index (χ0n) is 23.4. The molecule has 3 heterocycles. The minimum Gasteiger partial charge on any atom is -0.339 e. The maximum absolute atomic E-state index is 15.1. The van der Waals surface area contributed by atoms with Crippen molar-refractivity contribution in [3.63, 3.8) is 0 Å². The Kier molecular flexibility index (Phi) is 9.43. The Bertz CT molecular complexity index is 1680. The lowest BCUT2D eigenvalue weighted by atomic mass is 10.0. The van der Waals surface area contributed by atoms with Gasteiger partial charge in [0.25, 0.3) is 0 Å². The number of hydrogen-bond donors (Lipinski definition) is 4. The van der Waals surface area contributed by atoms with E-state index in [4.69, 9.17) is 23.1 Å². The van der Waals surface area contributed by atoms with E-state index in [9.17, 15) is 4.79 Å². The lowest BCUT2D eigenvalue weighted by Gasteiger charge is -2.18. The molecule has 0 aliphatic heterocycles. The molecule has 0 aliphatic carbocycles. The third-order valence-corrected chi connectivity index (χ3v) is 7.49. The lowest BCUT2D eigenvalue weighted by Crippen LogP contribution is -2.35. The fourth-order valence-corrected chi connectivity index (χ4v) is 5.23. The number of aryl methyl sites for hydroxylation is 1.